The molecule has 0 unspecified atom stereocenters. The standard InChI is InChI=1S/C4H5BrN2O2S/c5-4-3(1-2-7-4)10(6,8)9/h1-2,7H,(H2,6,8,9). The van der Waals surface area contributed by atoms with Crippen LogP contribution >= 0.6 is 15.9 Å². The normalized spacial score (nSPS) is 11.8. The van der Waals surface area contributed by atoms with E-state index in [9.17, 15) is 8.42 Å². The summed E-state index contributed by atoms with van der Waals surface area (Å²) in [7, 11) is -3.57. The van der Waals surface area contributed by atoms with Crippen LogP contribution in [0.25, 0.3) is 0 Å². The zero-order valence-corrected chi connectivity index (χ0v) is 7.24. The van der Waals surface area contributed by atoms with Crippen molar-refractivity contribution in [3.8, 4) is 0 Å². The molecule has 0 aliphatic heterocycles. The molecular formula is C4H5BrN2O2S. The van der Waals surface area contributed by atoms with E-state index in [1.54, 1.807) is 0 Å². The van der Waals surface area contributed by atoms with Gasteiger partial charge < -0.3 is 4.98 Å². The van der Waals surface area contributed by atoms with Gasteiger partial charge in [-0.25, -0.2) is 13.6 Å². The molecule has 4 nitrogen and oxygen atoms in total. The lowest BCUT2D eigenvalue weighted by Crippen LogP contribution is -2.11. The van der Waals surface area contributed by atoms with Gasteiger partial charge in [0.05, 0.1) is 0 Å². The molecule has 0 aromatic carbocycles. The third kappa shape index (κ3) is 1.39. The molecule has 0 atom stereocenters. The smallest absolute Gasteiger partial charge is 0.240 e. The minimum atomic E-state index is -3.57. The molecule has 0 aliphatic carbocycles. The van der Waals surface area contributed by atoms with E-state index in [0.29, 0.717) is 4.60 Å². The lowest BCUT2D eigenvalue weighted by molar-refractivity contribution is 0.597. The van der Waals surface area contributed by atoms with Gasteiger partial charge in [-0.1, -0.05) is 0 Å². The first-order valence-corrected chi connectivity index (χ1v) is 4.71. The molecule has 6 heteroatoms. The number of aromatic amines is 1. The Morgan fingerprint density at radius 1 is 1.60 bits per heavy atom. The maximum atomic E-state index is 10.6. The Morgan fingerprint density at radius 3 is 2.40 bits per heavy atom. The van der Waals surface area contributed by atoms with Crippen molar-refractivity contribution in [2.75, 3.05) is 0 Å². The number of primary sulfonamides is 1. The van der Waals surface area contributed by atoms with Crippen molar-refractivity contribution >= 4 is 26.0 Å². The van der Waals surface area contributed by atoms with Crippen molar-refractivity contribution in [2.24, 2.45) is 5.14 Å². The highest BCUT2D eigenvalue weighted by Crippen LogP contribution is 2.17. The summed E-state index contributed by atoms with van der Waals surface area (Å²) >= 11 is 2.99. The van der Waals surface area contributed by atoms with Crippen LogP contribution in [0.5, 0.6) is 0 Å². The molecule has 0 saturated heterocycles. The highest BCUT2D eigenvalue weighted by molar-refractivity contribution is 9.10. The first-order valence-electron chi connectivity index (χ1n) is 2.37. The van der Waals surface area contributed by atoms with Gasteiger partial charge in [-0.3, -0.25) is 0 Å². The van der Waals surface area contributed by atoms with Crippen LogP contribution in [0.1, 0.15) is 0 Å². The fourth-order valence-electron chi connectivity index (χ4n) is 0.555. The van der Waals surface area contributed by atoms with Gasteiger partial charge in [-0.05, 0) is 22.0 Å². The molecule has 56 valence electrons. The third-order valence-corrected chi connectivity index (χ3v) is 2.84. The molecule has 0 radical (unpaired) electrons. The van der Waals surface area contributed by atoms with Crippen molar-refractivity contribution in [3.05, 3.63) is 16.9 Å². The second-order valence-electron chi connectivity index (χ2n) is 1.70. The van der Waals surface area contributed by atoms with E-state index in [1.165, 1.54) is 12.3 Å². The Bertz CT molecular complexity index is 329. The summed E-state index contributed by atoms with van der Waals surface area (Å²) in [5, 5.41) is 4.82. The molecule has 1 aromatic heterocycles. The summed E-state index contributed by atoms with van der Waals surface area (Å²) in [6.07, 6.45) is 1.49. The summed E-state index contributed by atoms with van der Waals surface area (Å²) in [6, 6.07) is 1.39. The van der Waals surface area contributed by atoms with Crippen LogP contribution in [-0.4, -0.2) is 13.4 Å². The molecule has 0 spiro atoms. The average molecular weight is 225 g/mol. The van der Waals surface area contributed by atoms with Crippen LogP contribution in [-0.2, 0) is 10.0 Å². The minimum Gasteiger partial charge on any atom is -0.355 e. The fourth-order valence-corrected chi connectivity index (χ4v) is 2.06. The molecule has 0 aliphatic rings. The average Bonchev–Trinajstić information content (AvgIpc) is 2.11. The van der Waals surface area contributed by atoms with Crippen LogP contribution in [0.15, 0.2) is 21.8 Å². The first-order chi connectivity index (χ1) is 4.52. The van der Waals surface area contributed by atoms with Gasteiger partial charge in [-0.2, -0.15) is 0 Å². The fraction of sp³-hybridized carbons (Fsp3) is 0. The van der Waals surface area contributed by atoms with Crippen LogP contribution in [0, 0.1) is 0 Å². The number of hydrogen-bond acceptors (Lipinski definition) is 2. The van der Waals surface area contributed by atoms with E-state index in [1.807, 2.05) is 0 Å². The second kappa shape index (κ2) is 2.37. The Labute approximate surface area is 66.6 Å². The van der Waals surface area contributed by atoms with Gasteiger partial charge >= 0.3 is 0 Å². The lowest BCUT2D eigenvalue weighted by atomic mass is 10.7. The zero-order chi connectivity index (χ0) is 7.78. The highest BCUT2D eigenvalue weighted by Gasteiger charge is 2.11. The number of hydrogen-bond donors (Lipinski definition) is 2. The molecule has 1 aromatic rings. The van der Waals surface area contributed by atoms with Gasteiger partial charge in [0.25, 0.3) is 0 Å². The maximum absolute atomic E-state index is 10.6. The first kappa shape index (κ1) is 7.77. The molecule has 1 rings (SSSR count). The SMILES string of the molecule is NS(=O)(=O)c1cc[nH]c1Br. The Morgan fingerprint density at radius 2 is 2.20 bits per heavy atom. The van der Waals surface area contributed by atoms with E-state index in [2.05, 4.69) is 20.9 Å². The maximum Gasteiger partial charge on any atom is 0.240 e. The molecule has 0 amide bonds. The molecule has 0 saturated carbocycles. The molecule has 10 heavy (non-hydrogen) atoms. The molecule has 0 fully saturated rings. The predicted molar refractivity (Wildman–Crippen MR) is 39.9 cm³/mol. The van der Waals surface area contributed by atoms with Crippen molar-refractivity contribution in [1.82, 2.24) is 4.98 Å². The summed E-state index contributed by atoms with van der Waals surface area (Å²) in [6.45, 7) is 0. The quantitative estimate of drug-likeness (QED) is 0.726. The largest absolute Gasteiger partial charge is 0.355 e. The van der Waals surface area contributed by atoms with Gasteiger partial charge in [-0.15, -0.1) is 0 Å². The topological polar surface area (TPSA) is 76.0 Å². The third-order valence-electron chi connectivity index (χ3n) is 0.968. The summed E-state index contributed by atoms with van der Waals surface area (Å²) in [4.78, 5) is 2.71. The summed E-state index contributed by atoms with van der Waals surface area (Å²) in [5.74, 6) is 0. The van der Waals surface area contributed by atoms with Crippen molar-refractivity contribution < 1.29 is 8.42 Å². The van der Waals surface area contributed by atoms with E-state index in [0.717, 1.165) is 0 Å². The van der Waals surface area contributed by atoms with Crippen molar-refractivity contribution in [1.29, 1.82) is 0 Å². The molecule has 1 heterocycles. The Balaban J connectivity index is 3.32. The van der Waals surface area contributed by atoms with Crippen molar-refractivity contribution in [2.45, 2.75) is 4.90 Å². The highest BCUT2D eigenvalue weighted by atomic mass is 79.9. The minimum absolute atomic E-state index is 0.0764. The molecule has 3 N–H and O–H groups in total. The lowest BCUT2D eigenvalue weighted by Gasteiger charge is -1.91. The number of H-pyrrole nitrogens is 1. The second-order valence-corrected chi connectivity index (χ2v) is 4.02. The van der Waals surface area contributed by atoms with E-state index >= 15 is 0 Å². The van der Waals surface area contributed by atoms with Gasteiger partial charge in [0.15, 0.2) is 0 Å². The van der Waals surface area contributed by atoms with Crippen LogP contribution in [0.4, 0.5) is 0 Å². The van der Waals surface area contributed by atoms with Crippen LogP contribution in [0.3, 0.4) is 0 Å². The van der Waals surface area contributed by atoms with E-state index in [-0.39, 0.29) is 4.90 Å². The number of aromatic nitrogens is 1. The van der Waals surface area contributed by atoms with Gasteiger partial charge in [0, 0.05) is 6.20 Å². The molecular weight excluding hydrogens is 220 g/mol. The van der Waals surface area contributed by atoms with Crippen LogP contribution in [0.2, 0.25) is 0 Å². The number of sulfonamides is 1. The van der Waals surface area contributed by atoms with Gasteiger partial charge in [0.1, 0.15) is 9.50 Å². The van der Waals surface area contributed by atoms with Crippen LogP contribution < -0.4 is 5.14 Å². The zero-order valence-electron chi connectivity index (χ0n) is 4.83. The van der Waals surface area contributed by atoms with E-state index in [4.69, 9.17) is 5.14 Å². The van der Waals surface area contributed by atoms with Crippen molar-refractivity contribution in [3.63, 3.8) is 0 Å². The number of nitrogens with two attached hydrogens (primary N) is 1. The van der Waals surface area contributed by atoms with E-state index < -0.39 is 10.0 Å². The number of rotatable bonds is 1. The summed E-state index contributed by atoms with van der Waals surface area (Å²) in [5.41, 5.74) is 0. The number of halogens is 1. The Hall–Kier alpha value is -0.330. The molecule has 0 bridgehead atoms. The van der Waals surface area contributed by atoms with Gasteiger partial charge in [0.2, 0.25) is 10.0 Å². The Kier molecular flexibility index (Phi) is 1.84. The summed E-state index contributed by atoms with van der Waals surface area (Å²) < 4.78 is 21.7. The number of nitrogens with one attached hydrogen (secondary N) is 1. The predicted octanol–water partition coefficient (Wildman–Crippen LogP) is 0.425. The monoisotopic (exact) mass is 224 g/mol.